The number of likely N-dealkylation sites (tertiary alicyclic amines) is 1. The summed E-state index contributed by atoms with van der Waals surface area (Å²) < 4.78 is 13.4. The van der Waals surface area contributed by atoms with E-state index < -0.39 is 0 Å². The van der Waals surface area contributed by atoms with Gasteiger partial charge >= 0.3 is 0 Å². The smallest absolute Gasteiger partial charge is 0.229 e. The van der Waals surface area contributed by atoms with E-state index in [1.165, 1.54) is 11.0 Å². The topological polar surface area (TPSA) is 62.6 Å². The maximum Gasteiger partial charge on any atom is 0.229 e. The molecule has 2 amide bonds. The fraction of sp³-hybridized carbons (Fsp3) is 0.273. The van der Waals surface area contributed by atoms with Gasteiger partial charge in [-0.15, -0.1) is 0 Å². The molecule has 0 spiro atoms. The van der Waals surface area contributed by atoms with E-state index in [0.29, 0.717) is 18.5 Å². The summed E-state index contributed by atoms with van der Waals surface area (Å²) in [5.41, 5.74) is 4.38. The fourth-order valence-electron chi connectivity index (χ4n) is 3.67. The zero-order chi connectivity index (χ0) is 19.7. The minimum Gasteiger partial charge on any atom is -0.294 e. The Morgan fingerprint density at radius 1 is 1.11 bits per heavy atom. The first kappa shape index (κ1) is 18.2. The molecule has 0 saturated carbocycles. The van der Waals surface area contributed by atoms with Crippen LogP contribution in [-0.2, 0) is 16.1 Å². The van der Waals surface area contributed by atoms with E-state index >= 15 is 0 Å². The Morgan fingerprint density at radius 2 is 1.89 bits per heavy atom. The van der Waals surface area contributed by atoms with Gasteiger partial charge in [-0.25, -0.2) is 9.37 Å². The summed E-state index contributed by atoms with van der Waals surface area (Å²) in [5.74, 6) is -0.377. The molecule has 5 nitrogen and oxygen atoms in total. The van der Waals surface area contributed by atoms with Crippen molar-refractivity contribution in [2.24, 2.45) is 4.99 Å². The van der Waals surface area contributed by atoms with E-state index in [9.17, 15) is 14.0 Å². The van der Waals surface area contributed by atoms with Gasteiger partial charge in [0.2, 0.25) is 11.8 Å². The van der Waals surface area contributed by atoms with Crippen molar-refractivity contribution in [3.8, 4) is 0 Å². The molecule has 6 heteroatoms. The third kappa shape index (κ3) is 3.50. The highest BCUT2D eigenvalue weighted by Gasteiger charge is 2.28. The number of halogens is 1. The molecule has 0 atom stereocenters. The molecule has 0 radical (unpaired) electrons. The lowest BCUT2D eigenvalue weighted by Crippen LogP contribution is -2.28. The lowest BCUT2D eigenvalue weighted by Gasteiger charge is -2.16. The highest BCUT2D eigenvalue weighted by Crippen LogP contribution is 2.32. The number of benzene rings is 1. The zero-order valence-electron chi connectivity index (χ0n) is 15.6. The van der Waals surface area contributed by atoms with Crippen LogP contribution in [0, 0.1) is 0 Å². The number of carbonyl (C=O) groups is 2. The van der Waals surface area contributed by atoms with Crippen LogP contribution in [0.5, 0.6) is 0 Å². The number of hydrogen-bond donors (Lipinski definition) is 0. The summed E-state index contributed by atoms with van der Waals surface area (Å²) in [6, 6.07) is 7.75. The van der Waals surface area contributed by atoms with Crippen molar-refractivity contribution in [3.05, 3.63) is 59.1 Å². The van der Waals surface area contributed by atoms with E-state index in [4.69, 9.17) is 0 Å². The van der Waals surface area contributed by atoms with Crippen LogP contribution in [-0.4, -0.2) is 35.0 Å². The molecule has 1 fully saturated rings. The van der Waals surface area contributed by atoms with Gasteiger partial charge in [0.05, 0.1) is 17.8 Å². The third-order valence-corrected chi connectivity index (χ3v) is 5.10. The van der Waals surface area contributed by atoms with Crippen LogP contribution in [0.4, 0.5) is 4.39 Å². The van der Waals surface area contributed by atoms with Crippen LogP contribution in [0.1, 0.15) is 42.5 Å². The number of aromatic nitrogens is 1. The minimum atomic E-state index is -0.133. The number of fused-ring (bicyclic) bond motifs is 1. The Kier molecular flexibility index (Phi) is 4.86. The first-order chi connectivity index (χ1) is 13.5. The van der Waals surface area contributed by atoms with Crippen LogP contribution >= 0.6 is 0 Å². The molecular formula is C22H20FN3O2. The van der Waals surface area contributed by atoms with Crippen LogP contribution in [0.15, 0.2) is 47.2 Å². The molecule has 0 unspecified atom stereocenters. The molecule has 1 saturated heterocycles. The monoisotopic (exact) mass is 377 g/mol. The number of imide groups is 1. The van der Waals surface area contributed by atoms with Crippen LogP contribution < -0.4 is 0 Å². The normalized spacial score (nSPS) is 17.6. The molecule has 2 aromatic rings. The first-order valence-corrected chi connectivity index (χ1v) is 9.30. The van der Waals surface area contributed by atoms with Gasteiger partial charge in [0.25, 0.3) is 0 Å². The van der Waals surface area contributed by atoms with Gasteiger partial charge in [-0.2, -0.15) is 0 Å². The second-order valence-electron chi connectivity index (χ2n) is 7.01. The molecule has 2 aliphatic rings. The molecule has 28 heavy (non-hydrogen) atoms. The van der Waals surface area contributed by atoms with Crippen molar-refractivity contribution in [2.75, 3.05) is 7.05 Å². The molecule has 1 aromatic heterocycles. The maximum atomic E-state index is 13.4. The van der Waals surface area contributed by atoms with Crippen LogP contribution in [0.25, 0.3) is 16.5 Å². The molecule has 1 aliphatic heterocycles. The summed E-state index contributed by atoms with van der Waals surface area (Å²) in [5, 5.41) is 0.957. The molecule has 1 aliphatic carbocycles. The molecule has 142 valence electrons. The third-order valence-electron chi connectivity index (χ3n) is 5.10. The van der Waals surface area contributed by atoms with Gasteiger partial charge in [0.15, 0.2) is 0 Å². The van der Waals surface area contributed by atoms with E-state index in [0.717, 1.165) is 27.6 Å². The highest BCUT2D eigenvalue weighted by molar-refractivity contribution is 6.02. The van der Waals surface area contributed by atoms with E-state index in [1.807, 2.05) is 30.3 Å². The van der Waals surface area contributed by atoms with Gasteiger partial charge < -0.3 is 0 Å². The van der Waals surface area contributed by atoms with Gasteiger partial charge in [0, 0.05) is 37.9 Å². The van der Waals surface area contributed by atoms with Crippen molar-refractivity contribution in [1.82, 2.24) is 9.88 Å². The van der Waals surface area contributed by atoms with Crippen molar-refractivity contribution in [1.29, 1.82) is 0 Å². The average Bonchev–Trinajstić information content (AvgIpc) is 3.00. The first-order valence-electron chi connectivity index (χ1n) is 9.30. The predicted molar refractivity (Wildman–Crippen MR) is 106 cm³/mol. The van der Waals surface area contributed by atoms with E-state index in [-0.39, 0.29) is 37.0 Å². The van der Waals surface area contributed by atoms with Gasteiger partial charge in [-0.05, 0) is 41.3 Å². The standard InChI is InChI=1S/C22H20FN3O2/c1-24-12-17-11-19(15-3-5-16(23)6-4-15)18-7-2-14(10-20(18)25-17)13-26-21(27)8-9-22(26)28/h2-3,5,7,10-12H,4,6,8-9,13H2,1H3/b24-12+. The molecule has 0 bridgehead atoms. The second-order valence-corrected chi connectivity index (χ2v) is 7.01. The van der Waals surface area contributed by atoms with Gasteiger partial charge in [0.1, 0.15) is 5.83 Å². The number of rotatable bonds is 4. The Bertz CT molecular complexity index is 1050. The summed E-state index contributed by atoms with van der Waals surface area (Å²) in [7, 11) is 1.69. The van der Waals surface area contributed by atoms with Crippen molar-refractivity contribution >= 4 is 34.5 Å². The number of allylic oxidation sites excluding steroid dienone is 4. The quantitative estimate of drug-likeness (QED) is 0.598. The lowest BCUT2D eigenvalue weighted by molar-refractivity contribution is -0.139. The predicted octanol–water partition coefficient (Wildman–Crippen LogP) is 3.96. The number of aliphatic imine (C=N–C) groups is 1. The number of carbonyl (C=O) groups excluding carboxylic acids is 2. The number of hydrogen-bond acceptors (Lipinski definition) is 4. The summed E-state index contributed by atoms with van der Waals surface area (Å²) in [4.78, 5) is 33.8. The summed E-state index contributed by atoms with van der Waals surface area (Å²) in [6.07, 6.45) is 6.59. The Hall–Kier alpha value is -3.15. The van der Waals surface area contributed by atoms with Crippen molar-refractivity contribution in [3.63, 3.8) is 0 Å². The van der Waals surface area contributed by atoms with Crippen LogP contribution in [0.3, 0.4) is 0 Å². The number of pyridine rings is 1. The largest absolute Gasteiger partial charge is 0.294 e. The Balaban J connectivity index is 1.78. The molecular weight excluding hydrogens is 357 g/mol. The zero-order valence-corrected chi connectivity index (χ0v) is 15.6. The summed E-state index contributed by atoms with van der Waals surface area (Å²) in [6.45, 7) is 0.257. The maximum absolute atomic E-state index is 13.4. The Morgan fingerprint density at radius 3 is 2.57 bits per heavy atom. The number of nitrogens with zero attached hydrogens (tertiary/aromatic N) is 3. The molecule has 4 rings (SSSR count). The average molecular weight is 377 g/mol. The highest BCUT2D eigenvalue weighted by atomic mass is 19.1. The Labute approximate surface area is 162 Å². The van der Waals surface area contributed by atoms with Crippen molar-refractivity contribution < 1.29 is 14.0 Å². The number of amides is 2. The van der Waals surface area contributed by atoms with Gasteiger partial charge in [-0.1, -0.05) is 18.2 Å². The molecule has 1 aromatic carbocycles. The lowest BCUT2D eigenvalue weighted by atomic mass is 9.93. The second kappa shape index (κ2) is 7.46. The fourth-order valence-corrected chi connectivity index (χ4v) is 3.67. The van der Waals surface area contributed by atoms with Crippen LogP contribution in [0.2, 0.25) is 0 Å². The molecule has 2 heterocycles. The minimum absolute atomic E-state index is 0.111. The SMILES string of the molecule is C/N=C/c1cc(C2=CC=C(F)CC2)c2ccc(CN3C(=O)CCC3=O)cc2n1. The summed E-state index contributed by atoms with van der Waals surface area (Å²) >= 11 is 0. The molecule has 0 N–H and O–H groups in total. The van der Waals surface area contributed by atoms with Gasteiger partial charge in [-0.3, -0.25) is 19.5 Å². The van der Waals surface area contributed by atoms with E-state index in [2.05, 4.69) is 9.98 Å². The van der Waals surface area contributed by atoms with Crippen molar-refractivity contribution in [2.45, 2.75) is 32.2 Å². The van der Waals surface area contributed by atoms with E-state index in [1.54, 1.807) is 13.3 Å².